The zero-order valence-electron chi connectivity index (χ0n) is 15.9. The largest absolute Gasteiger partial charge is 0.459 e. The third kappa shape index (κ3) is 2.85. The van der Waals surface area contributed by atoms with Gasteiger partial charge >= 0.3 is 5.97 Å². The van der Waals surface area contributed by atoms with Crippen LogP contribution in [0.3, 0.4) is 0 Å². The van der Waals surface area contributed by atoms with Gasteiger partial charge in [0.15, 0.2) is 17.5 Å². The molecular formula is C19H27NO8. The molecule has 3 aliphatic rings. The normalized spacial score (nSPS) is 41.2. The second-order valence-electron chi connectivity index (χ2n) is 8.09. The highest BCUT2D eigenvalue weighted by Crippen LogP contribution is 2.63. The summed E-state index contributed by atoms with van der Waals surface area (Å²) in [7, 11) is 0. The zero-order valence-corrected chi connectivity index (χ0v) is 15.9. The summed E-state index contributed by atoms with van der Waals surface area (Å²) in [5.74, 6) is -1.59. The van der Waals surface area contributed by atoms with Crippen molar-refractivity contribution >= 4 is 11.8 Å². The van der Waals surface area contributed by atoms with Gasteiger partial charge in [0.2, 0.25) is 0 Å². The predicted molar refractivity (Wildman–Crippen MR) is 95.8 cm³/mol. The van der Waals surface area contributed by atoms with Crippen molar-refractivity contribution in [1.29, 1.82) is 0 Å². The van der Waals surface area contributed by atoms with E-state index < -0.39 is 53.3 Å². The van der Waals surface area contributed by atoms with Crippen LogP contribution in [0.2, 0.25) is 0 Å². The molecule has 28 heavy (non-hydrogen) atoms. The quantitative estimate of drug-likeness (QED) is 0.197. The van der Waals surface area contributed by atoms with Crippen LogP contribution in [0.5, 0.6) is 0 Å². The first-order chi connectivity index (χ1) is 13.0. The van der Waals surface area contributed by atoms with Gasteiger partial charge < -0.3 is 35.6 Å². The number of epoxide rings is 1. The summed E-state index contributed by atoms with van der Waals surface area (Å²) in [6, 6.07) is 0. The Balaban J connectivity index is 1.78. The van der Waals surface area contributed by atoms with Crippen molar-refractivity contribution in [3.8, 4) is 0 Å². The summed E-state index contributed by atoms with van der Waals surface area (Å²) in [4.78, 5) is 24.6. The van der Waals surface area contributed by atoms with Crippen LogP contribution in [-0.2, 0) is 19.1 Å². The van der Waals surface area contributed by atoms with Gasteiger partial charge in [-0.25, -0.2) is 4.79 Å². The highest BCUT2D eigenvalue weighted by molar-refractivity contribution is 6.05. The molecule has 0 aromatic carbocycles. The van der Waals surface area contributed by atoms with Gasteiger partial charge in [0.1, 0.15) is 24.9 Å². The summed E-state index contributed by atoms with van der Waals surface area (Å²) in [6.45, 7) is 6.92. The molecule has 0 spiro atoms. The lowest BCUT2D eigenvalue weighted by Crippen LogP contribution is -2.54. The van der Waals surface area contributed by atoms with Crippen molar-refractivity contribution in [1.82, 2.24) is 0 Å². The molecule has 2 aliphatic carbocycles. The number of esters is 1. The second kappa shape index (κ2) is 7.01. The van der Waals surface area contributed by atoms with Crippen LogP contribution in [0.25, 0.3) is 0 Å². The molecule has 1 aliphatic heterocycles. The van der Waals surface area contributed by atoms with Gasteiger partial charge in [-0.15, -0.1) is 0 Å². The maximum Gasteiger partial charge on any atom is 0.338 e. The molecule has 0 aromatic rings. The Morgan fingerprint density at radius 1 is 1.46 bits per heavy atom. The second-order valence-corrected chi connectivity index (χ2v) is 8.09. The van der Waals surface area contributed by atoms with E-state index >= 15 is 0 Å². The number of carbonyl (C=O) groups excluding carboxylic acids is 2. The average molecular weight is 397 g/mol. The number of aliphatic hydroxyl groups excluding tert-OH is 4. The van der Waals surface area contributed by atoms with Gasteiger partial charge in [-0.05, 0) is 24.0 Å². The van der Waals surface area contributed by atoms with E-state index in [0.717, 1.165) is 0 Å². The summed E-state index contributed by atoms with van der Waals surface area (Å²) in [5, 5.41) is 39.5. The van der Waals surface area contributed by atoms with Crippen molar-refractivity contribution in [2.75, 3.05) is 13.2 Å². The first-order valence-corrected chi connectivity index (χ1v) is 9.23. The molecule has 6 N–H and O–H groups in total. The Morgan fingerprint density at radius 3 is 2.71 bits per heavy atom. The van der Waals surface area contributed by atoms with E-state index in [1.54, 1.807) is 0 Å². The predicted octanol–water partition coefficient (Wildman–Crippen LogP) is -1.82. The molecule has 9 nitrogen and oxygen atoms in total. The minimum atomic E-state index is -1.80. The molecule has 1 heterocycles. The molecule has 156 valence electrons. The van der Waals surface area contributed by atoms with E-state index in [9.17, 15) is 30.0 Å². The summed E-state index contributed by atoms with van der Waals surface area (Å²) >= 11 is 0. The molecule has 0 unspecified atom stereocenters. The highest BCUT2D eigenvalue weighted by Gasteiger charge is 2.74. The smallest absolute Gasteiger partial charge is 0.338 e. The Kier molecular flexibility index (Phi) is 5.28. The summed E-state index contributed by atoms with van der Waals surface area (Å²) < 4.78 is 10.8. The number of fused-ring (bicyclic) bond motifs is 3. The van der Waals surface area contributed by atoms with E-state index in [1.165, 1.54) is 6.08 Å². The van der Waals surface area contributed by atoms with E-state index in [2.05, 4.69) is 6.58 Å². The van der Waals surface area contributed by atoms with Crippen LogP contribution in [0.15, 0.2) is 23.8 Å². The standard InChI is InChI=1S/C19H27NO8/c1-8-4-11(21)14(24)10-5-13(23)19(17(28-19)18(8,10)3)9(2)7-27-16(26)15(25)12(22)6-20/h5,8,11-12,14-15,17,21-22,24-25H,2,4,6-7,20H2,1,3H3/t8-,11+,12-,14+,15-,17-,18+,19-/m1/s1. The number of ketones is 1. The first kappa shape index (κ1) is 21.1. The van der Waals surface area contributed by atoms with Gasteiger partial charge in [-0.2, -0.15) is 0 Å². The Bertz CT molecular complexity index is 735. The lowest BCUT2D eigenvalue weighted by Gasteiger charge is -2.47. The molecular weight excluding hydrogens is 370 g/mol. The molecule has 0 amide bonds. The maximum absolute atomic E-state index is 12.8. The van der Waals surface area contributed by atoms with Crippen molar-refractivity contribution in [2.24, 2.45) is 17.1 Å². The molecule has 3 rings (SSSR count). The minimum absolute atomic E-state index is 0.0750. The van der Waals surface area contributed by atoms with Crippen LogP contribution in [0, 0.1) is 11.3 Å². The molecule has 9 heteroatoms. The van der Waals surface area contributed by atoms with Crippen molar-refractivity contribution in [2.45, 2.75) is 56.4 Å². The lowest BCUT2D eigenvalue weighted by molar-refractivity contribution is -0.158. The number of aliphatic hydroxyl groups is 4. The Morgan fingerprint density at radius 2 is 2.11 bits per heavy atom. The van der Waals surface area contributed by atoms with Crippen molar-refractivity contribution < 1.29 is 39.5 Å². The van der Waals surface area contributed by atoms with Crippen LogP contribution in [0.1, 0.15) is 20.3 Å². The van der Waals surface area contributed by atoms with Gasteiger partial charge in [0.05, 0.1) is 6.10 Å². The van der Waals surface area contributed by atoms with Gasteiger partial charge in [-0.3, -0.25) is 4.79 Å². The third-order valence-electron chi connectivity index (χ3n) is 6.50. The van der Waals surface area contributed by atoms with Crippen molar-refractivity contribution in [3.05, 3.63) is 23.8 Å². The molecule has 0 aromatic heterocycles. The van der Waals surface area contributed by atoms with Crippen LogP contribution in [0.4, 0.5) is 0 Å². The van der Waals surface area contributed by atoms with E-state index in [4.69, 9.17) is 15.2 Å². The van der Waals surface area contributed by atoms with Gasteiger partial charge in [0, 0.05) is 17.5 Å². The fraction of sp³-hybridized carbons (Fsp3) is 0.684. The number of ether oxygens (including phenoxy) is 2. The first-order valence-electron chi connectivity index (χ1n) is 9.23. The minimum Gasteiger partial charge on any atom is -0.459 e. The number of nitrogens with two attached hydrogens (primary N) is 1. The maximum atomic E-state index is 12.8. The average Bonchev–Trinajstić information content (AvgIpc) is 3.44. The van der Waals surface area contributed by atoms with Gasteiger partial charge in [-0.1, -0.05) is 20.4 Å². The number of hydrogen-bond donors (Lipinski definition) is 5. The Labute approximate surface area is 162 Å². The molecule has 1 saturated carbocycles. The number of hydrogen-bond acceptors (Lipinski definition) is 9. The zero-order chi connectivity index (χ0) is 21.0. The van der Waals surface area contributed by atoms with E-state index in [0.29, 0.717) is 12.0 Å². The summed E-state index contributed by atoms with van der Waals surface area (Å²) in [6.07, 6.45) is -4.31. The van der Waals surface area contributed by atoms with Crippen molar-refractivity contribution in [3.63, 3.8) is 0 Å². The van der Waals surface area contributed by atoms with Crippen LogP contribution < -0.4 is 5.73 Å². The molecule has 2 fully saturated rings. The Hall–Kier alpha value is -1.62. The molecule has 1 saturated heterocycles. The topological polar surface area (TPSA) is 163 Å². The SMILES string of the molecule is C=C(COC(=O)[C@H](O)[C@H](O)CN)[C@]12O[C@@H]1[C@]1(C)C(=CC2=O)[C@H](O)[C@@H](O)C[C@H]1C. The molecule has 0 radical (unpaired) electrons. The number of rotatable bonds is 6. The van der Waals surface area contributed by atoms with Gasteiger partial charge in [0.25, 0.3) is 0 Å². The van der Waals surface area contributed by atoms with Crippen LogP contribution in [-0.4, -0.2) is 81.5 Å². The number of carbonyl (C=O) groups is 2. The van der Waals surface area contributed by atoms with E-state index in [-0.39, 0.29) is 24.6 Å². The third-order valence-corrected chi connectivity index (χ3v) is 6.50. The van der Waals surface area contributed by atoms with Crippen LogP contribution >= 0.6 is 0 Å². The fourth-order valence-electron chi connectivity index (χ4n) is 4.41. The monoisotopic (exact) mass is 397 g/mol. The fourth-order valence-corrected chi connectivity index (χ4v) is 4.41. The molecule has 8 atom stereocenters. The molecule has 0 bridgehead atoms. The highest BCUT2D eigenvalue weighted by atomic mass is 16.6. The summed E-state index contributed by atoms with van der Waals surface area (Å²) in [5.41, 5.74) is 3.78. The lowest BCUT2D eigenvalue weighted by atomic mass is 9.56. The van der Waals surface area contributed by atoms with E-state index in [1.807, 2.05) is 13.8 Å².